The fraction of sp³-hybridized carbons (Fsp3) is 0.533. The van der Waals surface area contributed by atoms with Gasteiger partial charge in [0.05, 0.1) is 0 Å². The number of benzene rings is 1. The van der Waals surface area contributed by atoms with Crippen molar-refractivity contribution in [3.8, 4) is 0 Å². The van der Waals surface area contributed by atoms with Gasteiger partial charge >= 0.3 is 0 Å². The number of carbonyl (C=O) groups is 1. The molecule has 1 aromatic rings. The molecule has 1 aromatic carbocycles. The summed E-state index contributed by atoms with van der Waals surface area (Å²) in [4.78, 5) is 12.0. The third kappa shape index (κ3) is 4.04. The molecule has 4 N–H and O–H groups in total. The maximum Gasteiger partial charge on any atom is 0.222 e. The molecular weight excluding hydrogens is 238 g/mol. The van der Waals surface area contributed by atoms with Gasteiger partial charge in [0.15, 0.2) is 0 Å². The Morgan fingerprint density at radius 2 is 2.21 bits per heavy atom. The fourth-order valence-corrected chi connectivity index (χ4v) is 2.52. The second-order valence-corrected chi connectivity index (χ2v) is 5.28. The minimum atomic E-state index is -0.229. The third-order valence-electron chi connectivity index (χ3n) is 3.74. The molecule has 104 valence electrons. The molecule has 4 nitrogen and oxygen atoms in total. The van der Waals surface area contributed by atoms with Crippen molar-refractivity contribution in [2.75, 3.05) is 6.54 Å². The zero-order valence-electron chi connectivity index (χ0n) is 11.4. The van der Waals surface area contributed by atoms with Crippen molar-refractivity contribution in [3.63, 3.8) is 0 Å². The largest absolute Gasteiger partial charge is 0.352 e. The first kappa shape index (κ1) is 14.0. The van der Waals surface area contributed by atoms with Crippen LogP contribution in [0.5, 0.6) is 0 Å². The van der Waals surface area contributed by atoms with E-state index >= 15 is 0 Å². The van der Waals surface area contributed by atoms with E-state index in [1.165, 1.54) is 0 Å². The van der Waals surface area contributed by atoms with Gasteiger partial charge in [0.2, 0.25) is 5.91 Å². The Kier molecular flexibility index (Phi) is 4.93. The molecule has 0 saturated carbocycles. The number of nitrogens with one attached hydrogen (secondary N) is 2. The molecule has 1 saturated heterocycles. The van der Waals surface area contributed by atoms with Crippen LogP contribution in [0.15, 0.2) is 30.3 Å². The summed E-state index contributed by atoms with van der Waals surface area (Å²) in [7, 11) is 0. The summed E-state index contributed by atoms with van der Waals surface area (Å²) in [6, 6.07) is 10.1. The van der Waals surface area contributed by atoms with Crippen LogP contribution in [0.4, 0.5) is 0 Å². The zero-order chi connectivity index (χ0) is 13.7. The summed E-state index contributed by atoms with van der Waals surface area (Å²) in [5.41, 5.74) is 7.07. The van der Waals surface area contributed by atoms with Crippen LogP contribution in [0.3, 0.4) is 0 Å². The van der Waals surface area contributed by atoms with Crippen molar-refractivity contribution < 1.29 is 4.79 Å². The standard InChI is InChI=1S/C15H23N3O/c1-11-14(8-5-9-17-11)18-15(19)10-13(16)12-6-3-2-4-7-12/h2-4,6-7,11,13-14,17H,5,8-10,16H2,1H3,(H,18,19). The molecule has 1 amide bonds. The van der Waals surface area contributed by atoms with Gasteiger partial charge in [-0.25, -0.2) is 0 Å². The number of carbonyl (C=O) groups excluding carboxylic acids is 1. The van der Waals surface area contributed by atoms with Gasteiger partial charge < -0.3 is 16.4 Å². The molecule has 1 aliphatic rings. The lowest BCUT2D eigenvalue weighted by molar-refractivity contribution is -0.122. The lowest BCUT2D eigenvalue weighted by atomic mass is 9.99. The van der Waals surface area contributed by atoms with Crippen molar-refractivity contribution in [1.29, 1.82) is 0 Å². The Balaban J connectivity index is 1.84. The van der Waals surface area contributed by atoms with Crippen molar-refractivity contribution in [2.24, 2.45) is 5.73 Å². The first-order chi connectivity index (χ1) is 9.16. The van der Waals surface area contributed by atoms with Crippen molar-refractivity contribution >= 4 is 5.91 Å². The highest BCUT2D eigenvalue weighted by Gasteiger charge is 2.23. The number of amides is 1. The Morgan fingerprint density at radius 1 is 1.47 bits per heavy atom. The predicted octanol–water partition coefficient (Wildman–Crippen LogP) is 1.33. The van der Waals surface area contributed by atoms with Crippen LogP contribution in [0, 0.1) is 0 Å². The molecule has 3 unspecified atom stereocenters. The highest BCUT2D eigenvalue weighted by Crippen LogP contribution is 2.14. The second-order valence-electron chi connectivity index (χ2n) is 5.28. The molecule has 1 fully saturated rings. The zero-order valence-corrected chi connectivity index (χ0v) is 11.4. The Bertz CT molecular complexity index is 407. The predicted molar refractivity (Wildman–Crippen MR) is 76.6 cm³/mol. The highest BCUT2D eigenvalue weighted by atomic mass is 16.1. The number of hydrogen-bond acceptors (Lipinski definition) is 3. The van der Waals surface area contributed by atoms with E-state index in [4.69, 9.17) is 5.73 Å². The van der Waals surface area contributed by atoms with E-state index in [9.17, 15) is 4.79 Å². The molecule has 0 spiro atoms. The van der Waals surface area contributed by atoms with Crippen molar-refractivity contribution in [1.82, 2.24) is 10.6 Å². The molecule has 0 aromatic heterocycles. The maximum absolute atomic E-state index is 12.0. The Hall–Kier alpha value is -1.39. The van der Waals surface area contributed by atoms with Crippen LogP contribution in [0.1, 0.15) is 37.8 Å². The van der Waals surface area contributed by atoms with E-state index in [1.54, 1.807) is 0 Å². The summed E-state index contributed by atoms with van der Waals surface area (Å²) in [6.07, 6.45) is 2.49. The average Bonchev–Trinajstić information content (AvgIpc) is 2.42. The van der Waals surface area contributed by atoms with E-state index < -0.39 is 0 Å². The average molecular weight is 261 g/mol. The van der Waals surface area contributed by atoms with Gasteiger partial charge in [-0.2, -0.15) is 0 Å². The maximum atomic E-state index is 12.0. The third-order valence-corrected chi connectivity index (χ3v) is 3.74. The van der Waals surface area contributed by atoms with E-state index in [0.717, 1.165) is 24.9 Å². The van der Waals surface area contributed by atoms with E-state index in [1.807, 2.05) is 30.3 Å². The Morgan fingerprint density at radius 3 is 2.89 bits per heavy atom. The van der Waals surface area contributed by atoms with Gasteiger partial charge in [-0.15, -0.1) is 0 Å². The van der Waals surface area contributed by atoms with Crippen LogP contribution >= 0.6 is 0 Å². The number of nitrogens with two attached hydrogens (primary N) is 1. The number of hydrogen-bond donors (Lipinski definition) is 3. The molecule has 4 heteroatoms. The normalized spacial score (nSPS) is 24.7. The molecular formula is C15H23N3O. The van der Waals surface area contributed by atoms with Crippen LogP contribution in [-0.2, 0) is 4.79 Å². The lowest BCUT2D eigenvalue weighted by Gasteiger charge is -2.31. The second kappa shape index (κ2) is 6.68. The molecule has 3 atom stereocenters. The number of rotatable bonds is 4. The molecule has 0 aliphatic carbocycles. The van der Waals surface area contributed by atoms with Crippen LogP contribution < -0.4 is 16.4 Å². The van der Waals surface area contributed by atoms with E-state index in [2.05, 4.69) is 17.6 Å². The molecule has 0 radical (unpaired) electrons. The van der Waals surface area contributed by atoms with Crippen molar-refractivity contribution in [2.45, 2.75) is 44.3 Å². The summed E-state index contributed by atoms with van der Waals surface area (Å²) < 4.78 is 0. The van der Waals surface area contributed by atoms with E-state index in [0.29, 0.717) is 12.5 Å². The topological polar surface area (TPSA) is 67.1 Å². The molecule has 2 rings (SSSR count). The molecule has 1 heterocycles. The van der Waals surface area contributed by atoms with Gasteiger partial charge in [-0.05, 0) is 31.9 Å². The Labute approximate surface area is 114 Å². The fourth-order valence-electron chi connectivity index (χ4n) is 2.52. The summed E-state index contributed by atoms with van der Waals surface area (Å²) >= 11 is 0. The highest BCUT2D eigenvalue weighted by molar-refractivity contribution is 5.77. The smallest absolute Gasteiger partial charge is 0.222 e. The van der Waals surface area contributed by atoms with Gasteiger partial charge in [0, 0.05) is 24.5 Å². The molecule has 1 aliphatic heterocycles. The summed E-state index contributed by atoms with van der Waals surface area (Å²) in [5, 5.41) is 6.46. The molecule has 0 bridgehead atoms. The van der Waals surface area contributed by atoms with Gasteiger partial charge in [0.25, 0.3) is 0 Å². The number of piperidine rings is 1. The van der Waals surface area contributed by atoms with Crippen LogP contribution in [0.2, 0.25) is 0 Å². The quantitative estimate of drug-likeness (QED) is 0.766. The summed E-state index contributed by atoms with van der Waals surface area (Å²) in [6.45, 7) is 3.15. The lowest BCUT2D eigenvalue weighted by Crippen LogP contribution is -2.52. The van der Waals surface area contributed by atoms with Gasteiger partial charge in [0.1, 0.15) is 0 Å². The minimum Gasteiger partial charge on any atom is -0.352 e. The van der Waals surface area contributed by atoms with Crippen molar-refractivity contribution in [3.05, 3.63) is 35.9 Å². The first-order valence-electron chi connectivity index (χ1n) is 7.00. The minimum absolute atomic E-state index is 0.0388. The SMILES string of the molecule is CC1NCCCC1NC(=O)CC(N)c1ccccc1. The van der Waals surface area contributed by atoms with Crippen LogP contribution in [0.25, 0.3) is 0 Å². The van der Waals surface area contributed by atoms with Crippen LogP contribution in [-0.4, -0.2) is 24.5 Å². The van der Waals surface area contributed by atoms with Gasteiger partial charge in [-0.3, -0.25) is 4.79 Å². The summed E-state index contributed by atoms with van der Waals surface area (Å²) in [5.74, 6) is 0.0388. The monoisotopic (exact) mass is 261 g/mol. The molecule has 19 heavy (non-hydrogen) atoms. The van der Waals surface area contributed by atoms with E-state index in [-0.39, 0.29) is 18.0 Å². The van der Waals surface area contributed by atoms with Gasteiger partial charge in [-0.1, -0.05) is 30.3 Å². The first-order valence-corrected chi connectivity index (χ1v) is 7.00.